The Balaban J connectivity index is 1.81. The fourth-order valence-electron chi connectivity index (χ4n) is 3.22. The molecule has 1 saturated heterocycles. The van der Waals surface area contributed by atoms with Gasteiger partial charge in [-0.3, -0.25) is 4.79 Å². The van der Waals surface area contributed by atoms with Gasteiger partial charge in [0.05, 0.1) is 25.2 Å². The molecule has 0 radical (unpaired) electrons. The van der Waals surface area contributed by atoms with Crippen molar-refractivity contribution in [2.24, 2.45) is 0 Å². The Labute approximate surface area is 124 Å². The zero-order valence-electron chi connectivity index (χ0n) is 12.3. The number of aliphatic hydroxyl groups is 1. The quantitative estimate of drug-likeness (QED) is 0.859. The number of amides is 1. The molecule has 0 aliphatic carbocycles. The summed E-state index contributed by atoms with van der Waals surface area (Å²) in [7, 11) is 0. The predicted octanol–water partition coefficient (Wildman–Crippen LogP) is 1.19. The van der Waals surface area contributed by atoms with E-state index in [1.165, 1.54) is 0 Å². The third kappa shape index (κ3) is 2.89. The maximum Gasteiger partial charge on any atom is 0.230 e. The smallest absolute Gasteiger partial charge is 0.230 e. The first kappa shape index (κ1) is 14.4. The zero-order chi connectivity index (χ0) is 14.8. The number of aliphatic hydroxyl groups excluding tert-OH is 1. The summed E-state index contributed by atoms with van der Waals surface area (Å²) in [4.78, 5) is 14.7. The van der Waals surface area contributed by atoms with E-state index in [0.717, 1.165) is 17.7 Å². The monoisotopic (exact) mass is 290 g/mol. The predicted molar refractivity (Wildman–Crippen MR) is 80.3 cm³/mol. The number of anilines is 1. The van der Waals surface area contributed by atoms with E-state index in [4.69, 9.17) is 4.74 Å². The largest absolute Gasteiger partial charge is 0.394 e. The Kier molecular flexibility index (Phi) is 4.12. The molecular weight excluding hydrogens is 268 g/mol. The third-order valence-corrected chi connectivity index (χ3v) is 4.28. The van der Waals surface area contributed by atoms with Gasteiger partial charge in [-0.15, -0.1) is 0 Å². The van der Waals surface area contributed by atoms with Gasteiger partial charge < -0.3 is 20.1 Å². The van der Waals surface area contributed by atoms with Crippen LogP contribution in [0.2, 0.25) is 0 Å². The van der Waals surface area contributed by atoms with Crippen molar-refractivity contribution in [2.75, 3.05) is 31.6 Å². The molecule has 21 heavy (non-hydrogen) atoms. The molecule has 5 heteroatoms. The van der Waals surface area contributed by atoms with Crippen molar-refractivity contribution in [3.63, 3.8) is 0 Å². The van der Waals surface area contributed by atoms with E-state index in [1.54, 1.807) is 0 Å². The van der Waals surface area contributed by atoms with E-state index in [9.17, 15) is 9.90 Å². The van der Waals surface area contributed by atoms with Crippen LogP contribution in [0.5, 0.6) is 0 Å². The van der Waals surface area contributed by atoms with Gasteiger partial charge in [0.1, 0.15) is 0 Å². The van der Waals surface area contributed by atoms with Gasteiger partial charge in [0.2, 0.25) is 5.91 Å². The van der Waals surface area contributed by atoms with Gasteiger partial charge >= 0.3 is 0 Å². The number of benzene rings is 1. The van der Waals surface area contributed by atoms with Gasteiger partial charge in [0.25, 0.3) is 0 Å². The molecule has 2 heterocycles. The molecule has 0 spiro atoms. The molecule has 0 saturated carbocycles. The normalized spacial score (nSPS) is 28.7. The minimum atomic E-state index is -0.253. The molecule has 1 amide bonds. The first-order chi connectivity index (χ1) is 10.2. The first-order valence-electron chi connectivity index (χ1n) is 7.55. The standard InChI is InChI=1S/C16H22N2O3/c1-11-8-14(13-4-2-3-5-15(13)17-11)16(20)18-6-7-21-12(9-18)10-19/h2-5,11-12,14,17,19H,6-10H2,1H3. The van der Waals surface area contributed by atoms with E-state index < -0.39 is 0 Å². The Morgan fingerprint density at radius 1 is 1.48 bits per heavy atom. The summed E-state index contributed by atoms with van der Waals surface area (Å²) in [6.45, 7) is 3.65. The maximum absolute atomic E-state index is 12.9. The molecule has 1 fully saturated rings. The van der Waals surface area contributed by atoms with Crippen molar-refractivity contribution in [3.8, 4) is 0 Å². The summed E-state index contributed by atoms with van der Waals surface area (Å²) in [5.41, 5.74) is 2.13. The van der Waals surface area contributed by atoms with Crippen LogP contribution < -0.4 is 5.32 Å². The molecule has 114 valence electrons. The topological polar surface area (TPSA) is 61.8 Å². The summed E-state index contributed by atoms with van der Waals surface area (Å²) in [6.07, 6.45) is 0.550. The first-order valence-corrected chi connectivity index (χ1v) is 7.55. The van der Waals surface area contributed by atoms with Crippen molar-refractivity contribution in [3.05, 3.63) is 29.8 Å². The summed E-state index contributed by atoms with van der Waals surface area (Å²) < 4.78 is 5.43. The molecule has 1 aromatic rings. The molecule has 3 unspecified atom stereocenters. The van der Waals surface area contributed by atoms with Crippen LogP contribution in [0.25, 0.3) is 0 Å². The molecule has 2 aliphatic heterocycles. The Bertz CT molecular complexity index is 520. The van der Waals surface area contributed by atoms with Gasteiger partial charge in [-0.05, 0) is 25.0 Å². The minimum Gasteiger partial charge on any atom is -0.394 e. The second-order valence-corrected chi connectivity index (χ2v) is 5.88. The summed E-state index contributed by atoms with van der Waals surface area (Å²) >= 11 is 0. The number of nitrogens with zero attached hydrogens (tertiary/aromatic N) is 1. The third-order valence-electron chi connectivity index (χ3n) is 4.28. The molecule has 3 rings (SSSR count). The summed E-state index contributed by atoms with van der Waals surface area (Å²) in [5, 5.41) is 12.7. The molecule has 3 atom stereocenters. The van der Waals surface area contributed by atoms with Crippen molar-refractivity contribution < 1.29 is 14.6 Å². The van der Waals surface area contributed by atoms with Crippen LogP contribution in [0.3, 0.4) is 0 Å². The molecule has 2 N–H and O–H groups in total. The lowest BCUT2D eigenvalue weighted by Gasteiger charge is -2.37. The van der Waals surface area contributed by atoms with Gasteiger partial charge in [0, 0.05) is 24.8 Å². The average Bonchev–Trinajstić information content (AvgIpc) is 2.53. The Hall–Kier alpha value is -1.59. The molecular formula is C16H22N2O3. The van der Waals surface area contributed by atoms with E-state index >= 15 is 0 Å². The molecule has 2 aliphatic rings. The Morgan fingerprint density at radius 3 is 3.10 bits per heavy atom. The zero-order valence-corrected chi connectivity index (χ0v) is 12.3. The number of morpholine rings is 1. The van der Waals surface area contributed by atoms with Crippen molar-refractivity contribution in [1.29, 1.82) is 0 Å². The highest BCUT2D eigenvalue weighted by molar-refractivity contribution is 5.86. The van der Waals surface area contributed by atoms with E-state index in [2.05, 4.69) is 12.2 Å². The van der Waals surface area contributed by atoms with Crippen LogP contribution in [-0.4, -0.2) is 54.4 Å². The van der Waals surface area contributed by atoms with Crippen LogP contribution in [0, 0.1) is 0 Å². The second-order valence-electron chi connectivity index (χ2n) is 5.88. The molecule has 0 bridgehead atoms. The molecule has 1 aromatic carbocycles. The van der Waals surface area contributed by atoms with Gasteiger partial charge in [-0.25, -0.2) is 0 Å². The van der Waals surface area contributed by atoms with E-state index in [1.807, 2.05) is 29.2 Å². The highest BCUT2D eigenvalue weighted by Crippen LogP contribution is 2.35. The molecule has 0 aromatic heterocycles. The second kappa shape index (κ2) is 6.03. The maximum atomic E-state index is 12.9. The van der Waals surface area contributed by atoms with Gasteiger partial charge in [-0.2, -0.15) is 0 Å². The Morgan fingerprint density at radius 2 is 2.29 bits per heavy atom. The van der Waals surface area contributed by atoms with Crippen molar-refractivity contribution >= 4 is 11.6 Å². The summed E-state index contributed by atoms with van der Waals surface area (Å²) in [5.74, 6) is 0.0486. The van der Waals surface area contributed by atoms with Gasteiger partial charge in [0.15, 0.2) is 0 Å². The van der Waals surface area contributed by atoms with Crippen LogP contribution in [0.1, 0.15) is 24.8 Å². The lowest BCUT2D eigenvalue weighted by Crippen LogP contribution is -2.49. The van der Waals surface area contributed by atoms with Crippen molar-refractivity contribution in [2.45, 2.75) is 31.4 Å². The lowest BCUT2D eigenvalue weighted by molar-refractivity contribution is -0.142. The average molecular weight is 290 g/mol. The number of carbonyl (C=O) groups is 1. The highest BCUT2D eigenvalue weighted by Gasteiger charge is 2.34. The van der Waals surface area contributed by atoms with Crippen LogP contribution in [0.15, 0.2) is 24.3 Å². The lowest BCUT2D eigenvalue weighted by atomic mass is 9.86. The van der Waals surface area contributed by atoms with Crippen LogP contribution in [-0.2, 0) is 9.53 Å². The van der Waals surface area contributed by atoms with Crippen LogP contribution in [0.4, 0.5) is 5.69 Å². The number of para-hydroxylation sites is 1. The number of nitrogens with one attached hydrogen (secondary N) is 1. The van der Waals surface area contributed by atoms with E-state index in [-0.39, 0.29) is 30.6 Å². The number of ether oxygens (including phenoxy) is 1. The van der Waals surface area contributed by atoms with Gasteiger partial charge in [-0.1, -0.05) is 18.2 Å². The SMILES string of the molecule is CC1CC(C(=O)N2CCOC(CO)C2)c2ccccc2N1. The number of fused-ring (bicyclic) bond motifs is 1. The summed E-state index contributed by atoms with van der Waals surface area (Å²) in [6, 6.07) is 8.31. The number of carbonyl (C=O) groups excluding carboxylic acids is 1. The number of hydrogen-bond acceptors (Lipinski definition) is 4. The minimum absolute atomic E-state index is 0.0387. The van der Waals surface area contributed by atoms with E-state index in [0.29, 0.717) is 19.7 Å². The molecule has 5 nitrogen and oxygen atoms in total. The van der Waals surface area contributed by atoms with Crippen molar-refractivity contribution in [1.82, 2.24) is 4.90 Å². The fourth-order valence-corrected chi connectivity index (χ4v) is 3.22. The fraction of sp³-hybridized carbons (Fsp3) is 0.562. The number of hydrogen-bond donors (Lipinski definition) is 2. The van der Waals surface area contributed by atoms with Crippen LogP contribution >= 0.6 is 0 Å². The number of rotatable bonds is 2. The highest BCUT2D eigenvalue weighted by atomic mass is 16.5.